The van der Waals surface area contributed by atoms with Gasteiger partial charge >= 0.3 is 0 Å². The summed E-state index contributed by atoms with van der Waals surface area (Å²) >= 11 is 1.62. The normalized spacial score (nSPS) is 30.9. The summed E-state index contributed by atoms with van der Waals surface area (Å²) in [6.07, 6.45) is 0.984. The molecule has 1 aromatic rings. The first-order valence-electron chi connectivity index (χ1n) is 6.80. The maximum absolute atomic E-state index is 12.4. The highest BCUT2D eigenvalue weighted by Gasteiger charge is 2.43. The van der Waals surface area contributed by atoms with Gasteiger partial charge in [0.15, 0.2) is 0 Å². The number of amides is 1. The molecule has 1 aromatic heterocycles. The Morgan fingerprint density at radius 2 is 2.05 bits per heavy atom. The number of rotatable bonds is 2. The molecule has 2 aliphatic heterocycles. The molecule has 1 N–H and O–H groups in total. The van der Waals surface area contributed by atoms with Gasteiger partial charge in [-0.05, 0) is 31.2 Å². The molecule has 3 rings (SSSR count). The highest BCUT2D eigenvalue weighted by Crippen LogP contribution is 2.33. The predicted molar refractivity (Wildman–Crippen MR) is 78.2 cm³/mol. The van der Waals surface area contributed by atoms with Crippen molar-refractivity contribution in [1.82, 2.24) is 10.2 Å². The number of hydrogen-bond donors (Lipinski definition) is 1. The number of carbonyl (C=O) groups is 1. The van der Waals surface area contributed by atoms with Gasteiger partial charge in [0.05, 0.1) is 17.5 Å². The third-order valence-electron chi connectivity index (χ3n) is 4.04. The summed E-state index contributed by atoms with van der Waals surface area (Å²) in [6.45, 7) is 1.86. The van der Waals surface area contributed by atoms with Crippen molar-refractivity contribution in [3.63, 3.8) is 0 Å². The first-order chi connectivity index (χ1) is 9.48. The van der Waals surface area contributed by atoms with E-state index in [1.165, 1.54) is 0 Å². The fourth-order valence-electron chi connectivity index (χ4n) is 2.95. The van der Waals surface area contributed by atoms with Crippen molar-refractivity contribution in [2.45, 2.75) is 38.0 Å². The van der Waals surface area contributed by atoms with Crippen LogP contribution in [-0.2, 0) is 14.6 Å². The van der Waals surface area contributed by atoms with Crippen LogP contribution in [-0.4, -0.2) is 42.8 Å². The number of hydrogen-bond acceptors (Lipinski definition) is 5. The van der Waals surface area contributed by atoms with E-state index in [1.54, 1.807) is 11.3 Å². The van der Waals surface area contributed by atoms with Crippen molar-refractivity contribution >= 4 is 27.1 Å². The Morgan fingerprint density at radius 3 is 2.65 bits per heavy atom. The van der Waals surface area contributed by atoms with Gasteiger partial charge in [-0.25, -0.2) is 8.42 Å². The lowest BCUT2D eigenvalue weighted by Crippen LogP contribution is -2.44. The smallest absolute Gasteiger partial charge is 0.241 e. The van der Waals surface area contributed by atoms with E-state index in [1.807, 2.05) is 29.3 Å². The Bertz CT molecular complexity index is 583. The molecular weight excluding hydrogens is 296 g/mol. The topological polar surface area (TPSA) is 66.5 Å². The Hall–Kier alpha value is -0.920. The Labute approximate surface area is 122 Å². The van der Waals surface area contributed by atoms with Crippen LogP contribution in [0.2, 0.25) is 0 Å². The molecule has 20 heavy (non-hydrogen) atoms. The van der Waals surface area contributed by atoms with Crippen LogP contribution >= 0.6 is 11.3 Å². The molecule has 1 amide bonds. The molecule has 0 bridgehead atoms. The van der Waals surface area contributed by atoms with E-state index in [0.717, 1.165) is 4.88 Å². The van der Waals surface area contributed by atoms with Gasteiger partial charge in [-0.3, -0.25) is 10.1 Å². The molecular formula is C13H18N2O3S2. The minimum Gasteiger partial charge on any atom is -0.318 e. The molecule has 7 heteroatoms. The van der Waals surface area contributed by atoms with Crippen molar-refractivity contribution in [2.24, 2.45) is 0 Å². The van der Waals surface area contributed by atoms with Crippen molar-refractivity contribution in [3.05, 3.63) is 22.4 Å². The fraction of sp³-hybridized carbons (Fsp3) is 0.615. The van der Waals surface area contributed by atoms with E-state index >= 15 is 0 Å². The third-order valence-corrected chi connectivity index (χ3v) is 6.68. The number of carbonyl (C=O) groups excluding carboxylic acids is 1. The summed E-state index contributed by atoms with van der Waals surface area (Å²) in [6, 6.07) is 3.80. The fourth-order valence-corrected chi connectivity index (χ4v) is 5.20. The molecule has 2 aliphatic rings. The van der Waals surface area contributed by atoms with Crippen molar-refractivity contribution in [3.8, 4) is 0 Å². The second-order valence-corrected chi connectivity index (χ2v) is 8.72. The molecule has 0 aromatic carbocycles. The number of nitrogens with zero attached hydrogens (tertiary/aromatic N) is 1. The van der Waals surface area contributed by atoms with Gasteiger partial charge in [-0.2, -0.15) is 0 Å². The summed E-state index contributed by atoms with van der Waals surface area (Å²) in [5, 5.41) is 5.31. The molecule has 0 radical (unpaired) electrons. The van der Waals surface area contributed by atoms with Gasteiger partial charge in [0.2, 0.25) is 5.91 Å². The van der Waals surface area contributed by atoms with Gasteiger partial charge in [-0.15, -0.1) is 11.3 Å². The zero-order chi connectivity index (χ0) is 14.3. The average Bonchev–Trinajstić information content (AvgIpc) is 3.00. The zero-order valence-corrected chi connectivity index (χ0v) is 12.9. The first kappa shape index (κ1) is 14.0. The second-order valence-electron chi connectivity index (χ2n) is 5.43. The van der Waals surface area contributed by atoms with Gasteiger partial charge < -0.3 is 4.90 Å². The van der Waals surface area contributed by atoms with Gasteiger partial charge in [0.1, 0.15) is 16.0 Å². The maximum Gasteiger partial charge on any atom is 0.241 e. The van der Waals surface area contributed by atoms with Crippen LogP contribution in [0.1, 0.15) is 30.8 Å². The molecule has 2 atom stereocenters. The van der Waals surface area contributed by atoms with E-state index in [4.69, 9.17) is 0 Å². The Balaban J connectivity index is 1.84. The number of thiophene rings is 1. The van der Waals surface area contributed by atoms with Crippen molar-refractivity contribution < 1.29 is 13.2 Å². The standard InChI is InChI=1S/C13H18N2O3S2/c1-9-13(16)15(10-4-7-20(17,18)8-5-10)12(14-9)11-3-2-6-19-11/h2-3,6,9-10,12,14H,4-5,7-8H2,1H3. The first-order valence-corrected chi connectivity index (χ1v) is 9.50. The minimum absolute atomic E-state index is 0.0237. The molecule has 2 unspecified atom stereocenters. The molecule has 0 aliphatic carbocycles. The average molecular weight is 314 g/mol. The molecule has 2 fully saturated rings. The van der Waals surface area contributed by atoms with Crippen LogP contribution in [0.3, 0.4) is 0 Å². The molecule has 0 spiro atoms. The second kappa shape index (κ2) is 5.13. The summed E-state index contributed by atoms with van der Waals surface area (Å²) in [4.78, 5) is 15.4. The van der Waals surface area contributed by atoms with E-state index in [0.29, 0.717) is 12.8 Å². The van der Waals surface area contributed by atoms with Crippen LogP contribution in [0.15, 0.2) is 17.5 Å². The molecule has 3 heterocycles. The van der Waals surface area contributed by atoms with Gasteiger partial charge in [-0.1, -0.05) is 6.07 Å². The Morgan fingerprint density at radius 1 is 1.35 bits per heavy atom. The summed E-state index contributed by atoms with van der Waals surface area (Å²) in [5.41, 5.74) is 0. The van der Waals surface area contributed by atoms with Crippen LogP contribution in [0.25, 0.3) is 0 Å². The maximum atomic E-state index is 12.4. The molecule has 110 valence electrons. The minimum atomic E-state index is -2.90. The van der Waals surface area contributed by atoms with Gasteiger partial charge in [0.25, 0.3) is 0 Å². The van der Waals surface area contributed by atoms with E-state index < -0.39 is 9.84 Å². The molecule has 2 saturated heterocycles. The summed E-state index contributed by atoms with van der Waals surface area (Å²) in [7, 11) is -2.90. The lowest BCUT2D eigenvalue weighted by atomic mass is 10.1. The lowest BCUT2D eigenvalue weighted by molar-refractivity contribution is -0.132. The van der Waals surface area contributed by atoms with Crippen molar-refractivity contribution in [2.75, 3.05) is 11.5 Å². The van der Waals surface area contributed by atoms with E-state index in [9.17, 15) is 13.2 Å². The summed E-state index contributed by atoms with van der Waals surface area (Å²) in [5.74, 6) is 0.452. The number of sulfone groups is 1. The van der Waals surface area contributed by atoms with Crippen LogP contribution < -0.4 is 5.32 Å². The largest absolute Gasteiger partial charge is 0.318 e. The van der Waals surface area contributed by atoms with Crippen LogP contribution in [0.5, 0.6) is 0 Å². The van der Waals surface area contributed by atoms with E-state index in [-0.39, 0.29) is 35.7 Å². The monoisotopic (exact) mass is 314 g/mol. The quantitative estimate of drug-likeness (QED) is 0.889. The Kier molecular flexibility index (Phi) is 3.60. The zero-order valence-electron chi connectivity index (χ0n) is 11.3. The highest BCUT2D eigenvalue weighted by atomic mass is 32.2. The van der Waals surface area contributed by atoms with Crippen molar-refractivity contribution in [1.29, 1.82) is 0 Å². The van der Waals surface area contributed by atoms with Crippen LogP contribution in [0.4, 0.5) is 0 Å². The van der Waals surface area contributed by atoms with Gasteiger partial charge in [0, 0.05) is 10.9 Å². The summed E-state index contributed by atoms with van der Waals surface area (Å²) < 4.78 is 23.1. The van der Waals surface area contributed by atoms with Crippen LogP contribution in [0, 0.1) is 0 Å². The molecule has 0 saturated carbocycles. The predicted octanol–water partition coefficient (Wildman–Crippen LogP) is 1.14. The molecule has 5 nitrogen and oxygen atoms in total. The highest BCUT2D eigenvalue weighted by molar-refractivity contribution is 7.91. The third kappa shape index (κ3) is 2.49. The van der Waals surface area contributed by atoms with E-state index in [2.05, 4.69) is 5.32 Å². The number of nitrogens with one attached hydrogen (secondary N) is 1. The lowest BCUT2D eigenvalue weighted by Gasteiger charge is -2.34. The SMILES string of the molecule is CC1NC(c2cccs2)N(C2CCS(=O)(=O)CC2)C1=O.